The van der Waals surface area contributed by atoms with Crippen LogP contribution in [0.15, 0.2) is 24.3 Å². The van der Waals surface area contributed by atoms with E-state index in [1.807, 2.05) is 0 Å². The minimum atomic E-state index is 0.158. The number of aromatic hydroxyl groups is 1. The number of aliphatic hydroxyl groups is 1. The van der Waals surface area contributed by atoms with Crippen LogP contribution in [-0.4, -0.2) is 16.8 Å². The summed E-state index contributed by atoms with van der Waals surface area (Å²) in [4.78, 5) is 0. The SMILES string of the molecule is OCC[13c]1[13cH][13cH][13c](O)[13cH][13cH]1. The van der Waals surface area contributed by atoms with Gasteiger partial charge in [-0.05, 0) is 24.1 Å². The molecule has 0 heterocycles. The summed E-state index contributed by atoms with van der Waals surface area (Å²) in [5.41, 5.74) is 1.04. The van der Waals surface area contributed by atoms with E-state index in [1.54, 1.807) is 24.3 Å². The molecule has 0 atom stereocenters. The second-order valence-corrected chi connectivity index (χ2v) is 2.14. The molecular formula is C8H10O2. The van der Waals surface area contributed by atoms with Gasteiger partial charge in [-0.15, -0.1) is 0 Å². The monoisotopic (exact) mass is 144 g/mol. The molecule has 54 valence electrons. The van der Waals surface area contributed by atoms with Crippen molar-refractivity contribution in [1.82, 2.24) is 0 Å². The summed E-state index contributed by atoms with van der Waals surface area (Å²) < 4.78 is 0. The van der Waals surface area contributed by atoms with Crippen molar-refractivity contribution in [2.24, 2.45) is 0 Å². The zero-order valence-corrected chi connectivity index (χ0v) is 5.62. The third kappa shape index (κ3) is 1.74. The van der Waals surface area contributed by atoms with Crippen molar-refractivity contribution in [1.29, 1.82) is 0 Å². The summed E-state index contributed by atoms with van der Waals surface area (Å²) in [5, 5.41) is 17.4. The fourth-order valence-corrected chi connectivity index (χ4v) is 0.792. The zero-order valence-electron chi connectivity index (χ0n) is 5.62. The molecule has 0 aromatic heterocycles. The summed E-state index contributed by atoms with van der Waals surface area (Å²) in [5.74, 6) is 0.265. The van der Waals surface area contributed by atoms with Crippen LogP contribution < -0.4 is 0 Å². The van der Waals surface area contributed by atoms with Crippen molar-refractivity contribution >= 4 is 0 Å². The number of benzene rings is 1. The van der Waals surface area contributed by atoms with E-state index in [4.69, 9.17) is 10.2 Å². The van der Waals surface area contributed by atoms with E-state index in [2.05, 4.69) is 0 Å². The maximum atomic E-state index is 8.86. The molecule has 0 spiro atoms. The number of phenols is 1. The highest BCUT2D eigenvalue weighted by Crippen LogP contribution is 2.09. The first kappa shape index (κ1) is 7.09. The van der Waals surface area contributed by atoms with Gasteiger partial charge in [-0.25, -0.2) is 0 Å². The van der Waals surface area contributed by atoms with Gasteiger partial charge in [0.15, 0.2) is 0 Å². The third-order valence-corrected chi connectivity index (χ3v) is 1.34. The van der Waals surface area contributed by atoms with Gasteiger partial charge in [-0.1, -0.05) is 12.1 Å². The molecule has 0 fully saturated rings. The van der Waals surface area contributed by atoms with Crippen LogP contribution in [0.25, 0.3) is 0 Å². The molecule has 2 heteroatoms. The molecule has 1 aromatic rings. The fraction of sp³-hybridized carbons (Fsp3) is 0.250. The Bertz CT molecular complexity index is 191. The first-order valence-corrected chi connectivity index (χ1v) is 3.21. The number of hydrogen-bond donors (Lipinski definition) is 2. The molecule has 0 unspecified atom stereocenters. The Morgan fingerprint density at radius 3 is 2.20 bits per heavy atom. The number of aliphatic hydroxyl groups excluding tert-OH is 1. The molecule has 0 amide bonds. The van der Waals surface area contributed by atoms with Crippen LogP contribution in [0.4, 0.5) is 0 Å². The van der Waals surface area contributed by atoms with Gasteiger partial charge in [-0.3, -0.25) is 0 Å². The highest BCUT2D eigenvalue weighted by Gasteiger charge is 1.90. The van der Waals surface area contributed by atoms with Crippen molar-refractivity contribution in [3.8, 4) is 5.75 Å². The molecule has 10 heavy (non-hydrogen) atoms. The molecule has 0 saturated heterocycles. The standard InChI is InChI=1S/C8H10O2/c9-6-5-7-1-3-8(10)4-2-7/h1-4,9-10H,5-6H2/i1+1,2+1,3+1,4+1,7+1,8+1. The second-order valence-electron chi connectivity index (χ2n) is 2.14. The van der Waals surface area contributed by atoms with Gasteiger partial charge in [0.25, 0.3) is 0 Å². The van der Waals surface area contributed by atoms with Crippen LogP contribution in [0.1, 0.15) is 5.56 Å². The quantitative estimate of drug-likeness (QED) is 0.648. The van der Waals surface area contributed by atoms with Gasteiger partial charge >= 0.3 is 0 Å². The maximum Gasteiger partial charge on any atom is 0.115 e. The van der Waals surface area contributed by atoms with Crippen LogP contribution in [0.5, 0.6) is 5.75 Å². The van der Waals surface area contributed by atoms with Gasteiger partial charge in [-0.2, -0.15) is 0 Å². The van der Waals surface area contributed by atoms with E-state index in [1.165, 1.54) is 0 Å². The molecule has 2 N–H and O–H groups in total. The summed E-state index contributed by atoms with van der Waals surface area (Å²) >= 11 is 0. The van der Waals surface area contributed by atoms with Crippen molar-refractivity contribution in [3.63, 3.8) is 0 Å². The maximum absolute atomic E-state index is 8.86. The normalized spacial score (nSPS) is 9.70. The molecule has 0 radical (unpaired) electrons. The average Bonchev–Trinajstić information content (AvgIpc) is 1.95. The van der Waals surface area contributed by atoms with Gasteiger partial charge in [0, 0.05) is 6.61 Å². The van der Waals surface area contributed by atoms with E-state index in [9.17, 15) is 0 Å². The van der Waals surface area contributed by atoms with Crippen molar-refractivity contribution < 1.29 is 10.2 Å². The lowest BCUT2D eigenvalue weighted by Crippen LogP contribution is -1.88. The van der Waals surface area contributed by atoms with Crippen molar-refractivity contribution in [2.75, 3.05) is 6.61 Å². The van der Waals surface area contributed by atoms with Gasteiger partial charge in [0.05, 0.1) is 0 Å². The largest absolute Gasteiger partial charge is 0.508 e. The molecule has 0 aliphatic carbocycles. The lowest BCUT2D eigenvalue weighted by molar-refractivity contribution is 0.299. The molecule has 0 saturated carbocycles. The minimum absolute atomic E-state index is 0.158. The highest BCUT2D eigenvalue weighted by atomic mass is 16.3. The zero-order chi connectivity index (χ0) is 7.40. The Balaban J connectivity index is 2.69. The smallest absolute Gasteiger partial charge is 0.115 e. The molecule has 1 rings (SSSR count). The van der Waals surface area contributed by atoms with E-state index < -0.39 is 0 Å². The summed E-state index contributed by atoms with van der Waals surface area (Å²) in [6.45, 7) is 0.158. The number of hydrogen-bond acceptors (Lipinski definition) is 2. The van der Waals surface area contributed by atoms with Crippen LogP contribution in [-0.2, 0) is 6.42 Å². The Labute approximate surface area is 59.7 Å². The van der Waals surface area contributed by atoms with Crippen LogP contribution >= 0.6 is 0 Å². The van der Waals surface area contributed by atoms with Crippen LogP contribution in [0.2, 0.25) is 0 Å². The molecule has 0 bridgehead atoms. The lowest BCUT2D eigenvalue weighted by Gasteiger charge is -1.96. The predicted octanol–water partition coefficient (Wildman–Crippen LogP) is 0.927. The van der Waals surface area contributed by atoms with Crippen LogP contribution in [0, 0.1) is 0 Å². The summed E-state index contributed by atoms with van der Waals surface area (Å²) in [7, 11) is 0. The van der Waals surface area contributed by atoms with E-state index >= 15 is 0 Å². The first-order valence-electron chi connectivity index (χ1n) is 3.21. The molecule has 2 nitrogen and oxygen atoms in total. The Kier molecular flexibility index (Phi) is 2.29. The summed E-state index contributed by atoms with van der Waals surface area (Å²) in [6.07, 6.45) is 0.653. The lowest BCUT2D eigenvalue weighted by atomic mass is 10.6. The van der Waals surface area contributed by atoms with Gasteiger partial charge < -0.3 is 10.2 Å². The van der Waals surface area contributed by atoms with E-state index in [0.29, 0.717) is 6.42 Å². The van der Waals surface area contributed by atoms with Gasteiger partial charge in [0.2, 0.25) is 0 Å². The van der Waals surface area contributed by atoms with Gasteiger partial charge in [0.1, 0.15) is 5.75 Å². The first-order chi connectivity index (χ1) is 4.83. The van der Waals surface area contributed by atoms with Crippen molar-refractivity contribution in [3.05, 3.63) is 29.8 Å². The Morgan fingerprint density at radius 1 is 1.10 bits per heavy atom. The molecule has 1 aromatic carbocycles. The summed E-state index contributed by atoms with van der Waals surface area (Å²) in [6, 6.07) is 6.83. The third-order valence-electron chi connectivity index (χ3n) is 1.34. The number of rotatable bonds is 2. The predicted molar refractivity (Wildman–Crippen MR) is 38.9 cm³/mol. The molecule has 0 aliphatic rings. The second kappa shape index (κ2) is 3.22. The minimum Gasteiger partial charge on any atom is -0.508 e. The van der Waals surface area contributed by atoms with Crippen LogP contribution in [0.3, 0.4) is 0 Å². The fourth-order valence-electron chi connectivity index (χ4n) is 0.792. The highest BCUT2D eigenvalue weighted by molar-refractivity contribution is 5.25. The molecule has 0 aliphatic heterocycles. The Morgan fingerprint density at radius 2 is 1.70 bits per heavy atom. The van der Waals surface area contributed by atoms with Crippen molar-refractivity contribution in [2.45, 2.75) is 6.42 Å². The van der Waals surface area contributed by atoms with E-state index in [-0.39, 0.29) is 12.4 Å². The average molecular weight is 144 g/mol. The number of phenolic OH excluding ortho intramolecular Hbond substituents is 1. The topological polar surface area (TPSA) is 40.5 Å². The Hall–Kier alpha value is -1.02. The molecular weight excluding hydrogens is 134 g/mol. The van der Waals surface area contributed by atoms with E-state index in [0.717, 1.165) is 5.56 Å².